The van der Waals surface area contributed by atoms with Crippen LogP contribution >= 0.6 is 12.2 Å². The first-order valence-corrected chi connectivity index (χ1v) is 5.19. The van der Waals surface area contributed by atoms with Crippen LogP contribution in [0, 0.1) is 0 Å². The van der Waals surface area contributed by atoms with Gasteiger partial charge in [-0.15, -0.1) is 0 Å². The molecule has 0 aliphatic heterocycles. The lowest BCUT2D eigenvalue weighted by Gasteiger charge is -1.95. The van der Waals surface area contributed by atoms with E-state index < -0.39 is 0 Å². The Bertz CT molecular complexity index is 536. The number of aromatic amines is 1. The Labute approximate surface area is 93.3 Å². The summed E-state index contributed by atoms with van der Waals surface area (Å²) in [6.07, 6.45) is 0. The van der Waals surface area contributed by atoms with Gasteiger partial charge >= 0.3 is 0 Å². The number of thiocarbonyl (C=S) groups is 1. The Kier molecular flexibility index (Phi) is 2.62. The number of isothiocyanates is 1. The summed E-state index contributed by atoms with van der Waals surface area (Å²) >= 11 is 4.56. The molecule has 2 rings (SSSR count). The molecule has 1 heterocycles. The summed E-state index contributed by atoms with van der Waals surface area (Å²) in [5.41, 5.74) is 2.75. The van der Waals surface area contributed by atoms with Gasteiger partial charge in [-0.25, -0.2) is 4.98 Å². The monoisotopic (exact) mass is 217 g/mol. The fraction of sp³-hybridized carbons (Fsp3) is 0.273. The van der Waals surface area contributed by atoms with Crippen LogP contribution in [0.5, 0.6) is 0 Å². The van der Waals surface area contributed by atoms with Gasteiger partial charge in [-0.2, -0.15) is 4.99 Å². The minimum absolute atomic E-state index is 0.398. The molecule has 0 saturated heterocycles. The van der Waals surface area contributed by atoms with Gasteiger partial charge in [0, 0.05) is 5.92 Å². The van der Waals surface area contributed by atoms with Crippen molar-refractivity contribution in [1.29, 1.82) is 0 Å². The van der Waals surface area contributed by atoms with E-state index in [-0.39, 0.29) is 0 Å². The predicted octanol–water partition coefficient (Wildman–Crippen LogP) is 3.42. The van der Waals surface area contributed by atoms with E-state index in [1.165, 1.54) is 0 Å². The van der Waals surface area contributed by atoms with E-state index in [4.69, 9.17) is 0 Å². The van der Waals surface area contributed by atoms with Crippen molar-refractivity contribution in [3.8, 4) is 0 Å². The number of nitrogens with one attached hydrogen (secondary N) is 1. The van der Waals surface area contributed by atoms with Crippen LogP contribution < -0.4 is 0 Å². The van der Waals surface area contributed by atoms with Crippen molar-refractivity contribution in [3.63, 3.8) is 0 Å². The fourth-order valence-corrected chi connectivity index (χ4v) is 1.52. The molecule has 0 atom stereocenters. The molecule has 0 aliphatic carbocycles. The number of nitrogens with zero attached hydrogens (tertiary/aromatic N) is 2. The lowest BCUT2D eigenvalue weighted by Crippen LogP contribution is -1.88. The molecule has 0 bridgehead atoms. The Morgan fingerprint density at radius 1 is 1.47 bits per heavy atom. The fourth-order valence-electron chi connectivity index (χ4n) is 1.41. The van der Waals surface area contributed by atoms with Crippen molar-refractivity contribution in [2.24, 2.45) is 4.99 Å². The van der Waals surface area contributed by atoms with Crippen molar-refractivity contribution < 1.29 is 0 Å². The van der Waals surface area contributed by atoms with E-state index in [1.54, 1.807) is 0 Å². The highest BCUT2D eigenvalue weighted by Gasteiger charge is 2.06. The summed E-state index contributed by atoms with van der Waals surface area (Å²) < 4.78 is 0. The molecule has 0 unspecified atom stereocenters. The lowest BCUT2D eigenvalue weighted by molar-refractivity contribution is 0.799. The van der Waals surface area contributed by atoms with Gasteiger partial charge in [0.25, 0.3) is 0 Å². The van der Waals surface area contributed by atoms with Gasteiger partial charge < -0.3 is 4.98 Å². The maximum Gasteiger partial charge on any atom is 0.109 e. The molecule has 1 aromatic heterocycles. The molecule has 3 nitrogen and oxygen atoms in total. The molecule has 1 N–H and O–H groups in total. The van der Waals surface area contributed by atoms with E-state index >= 15 is 0 Å². The number of benzene rings is 1. The number of fused-ring (bicyclic) bond motifs is 1. The summed E-state index contributed by atoms with van der Waals surface area (Å²) in [7, 11) is 0. The summed E-state index contributed by atoms with van der Waals surface area (Å²) in [5, 5.41) is 2.35. The highest BCUT2D eigenvalue weighted by molar-refractivity contribution is 7.78. The van der Waals surface area contributed by atoms with Crippen LogP contribution in [0.1, 0.15) is 25.6 Å². The number of hydrogen-bond acceptors (Lipinski definition) is 3. The normalized spacial score (nSPS) is 10.6. The first-order chi connectivity index (χ1) is 7.20. The first kappa shape index (κ1) is 10.0. The third-order valence-corrected chi connectivity index (χ3v) is 2.30. The lowest BCUT2D eigenvalue weighted by atomic mass is 10.2. The molecule has 4 heteroatoms. The van der Waals surface area contributed by atoms with E-state index in [0.717, 1.165) is 22.5 Å². The van der Waals surface area contributed by atoms with Crippen LogP contribution in [-0.2, 0) is 0 Å². The quantitative estimate of drug-likeness (QED) is 0.618. The highest BCUT2D eigenvalue weighted by Crippen LogP contribution is 2.21. The van der Waals surface area contributed by atoms with Crippen molar-refractivity contribution in [3.05, 3.63) is 24.0 Å². The molecule has 0 amide bonds. The molecular formula is C11H11N3S. The Balaban J connectivity index is 2.56. The van der Waals surface area contributed by atoms with Gasteiger partial charge in [0.2, 0.25) is 0 Å². The van der Waals surface area contributed by atoms with Gasteiger partial charge in [-0.05, 0) is 30.4 Å². The predicted molar refractivity (Wildman–Crippen MR) is 64.9 cm³/mol. The Hall–Kier alpha value is -1.51. The van der Waals surface area contributed by atoms with Crippen molar-refractivity contribution in [1.82, 2.24) is 9.97 Å². The minimum Gasteiger partial charge on any atom is -0.342 e. The molecule has 0 spiro atoms. The van der Waals surface area contributed by atoms with Crippen LogP contribution in [-0.4, -0.2) is 15.1 Å². The van der Waals surface area contributed by atoms with Crippen molar-refractivity contribution >= 4 is 34.1 Å². The molecule has 15 heavy (non-hydrogen) atoms. The van der Waals surface area contributed by atoms with Crippen LogP contribution in [0.25, 0.3) is 11.0 Å². The number of hydrogen-bond donors (Lipinski definition) is 1. The smallest absolute Gasteiger partial charge is 0.109 e. The molecule has 0 aliphatic rings. The van der Waals surface area contributed by atoms with Crippen molar-refractivity contribution in [2.75, 3.05) is 0 Å². The topological polar surface area (TPSA) is 41.0 Å². The second kappa shape index (κ2) is 3.93. The zero-order valence-electron chi connectivity index (χ0n) is 8.61. The van der Waals surface area contributed by atoms with Gasteiger partial charge in [0.1, 0.15) is 5.82 Å². The molecule has 2 aromatic rings. The SMILES string of the molecule is CC(C)c1nc2ccc(N=C=S)cc2[nH]1. The summed E-state index contributed by atoms with van der Waals surface area (Å²) in [6.45, 7) is 4.21. The first-order valence-electron chi connectivity index (χ1n) is 4.78. The summed E-state index contributed by atoms with van der Waals surface area (Å²) in [5.74, 6) is 1.39. The van der Waals surface area contributed by atoms with Crippen LogP contribution in [0.3, 0.4) is 0 Å². The largest absolute Gasteiger partial charge is 0.342 e. The average Bonchev–Trinajstić information content (AvgIpc) is 2.61. The molecule has 0 saturated carbocycles. The van der Waals surface area contributed by atoms with Gasteiger partial charge in [0.15, 0.2) is 0 Å². The standard InChI is InChI=1S/C11H11N3S/c1-7(2)11-13-9-4-3-8(12-6-15)5-10(9)14-11/h3-5,7H,1-2H3,(H,13,14). The molecular weight excluding hydrogens is 206 g/mol. The third kappa shape index (κ3) is 1.96. The number of H-pyrrole nitrogens is 1. The van der Waals surface area contributed by atoms with E-state index in [2.05, 4.69) is 46.2 Å². The van der Waals surface area contributed by atoms with E-state index in [0.29, 0.717) is 5.92 Å². The molecule has 1 aromatic carbocycles. The highest BCUT2D eigenvalue weighted by atomic mass is 32.1. The van der Waals surface area contributed by atoms with E-state index in [9.17, 15) is 0 Å². The van der Waals surface area contributed by atoms with Crippen molar-refractivity contribution in [2.45, 2.75) is 19.8 Å². The van der Waals surface area contributed by atoms with Gasteiger partial charge in [-0.3, -0.25) is 0 Å². The number of imidazole rings is 1. The third-order valence-electron chi connectivity index (χ3n) is 2.21. The number of aromatic nitrogens is 2. The molecule has 76 valence electrons. The zero-order chi connectivity index (χ0) is 10.8. The summed E-state index contributed by atoms with van der Waals surface area (Å²) in [6, 6.07) is 5.74. The Morgan fingerprint density at radius 2 is 2.27 bits per heavy atom. The van der Waals surface area contributed by atoms with Gasteiger partial charge in [0.05, 0.1) is 21.9 Å². The molecule has 0 radical (unpaired) electrons. The maximum atomic E-state index is 4.56. The zero-order valence-corrected chi connectivity index (χ0v) is 9.43. The number of rotatable bonds is 2. The molecule has 0 fully saturated rings. The second-order valence-electron chi connectivity index (χ2n) is 3.68. The average molecular weight is 217 g/mol. The maximum absolute atomic E-state index is 4.56. The Morgan fingerprint density at radius 3 is 2.93 bits per heavy atom. The van der Waals surface area contributed by atoms with Crippen LogP contribution in [0.4, 0.5) is 5.69 Å². The van der Waals surface area contributed by atoms with Gasteiger partial charge in [-0.1, -0.05) is 13.8 Å². The van der Waals surface area contributed by atoms with Crippen LogP contribution in [0.15, 0.2) is 23.2 Å². The second-order valence-corrected chi connectivity index (χ2v) is 3.86. The van der Waals surface area contributed by atoms with Crippen LogP contribution in [0.2, 0.25) is 0 Å². The minimum atomic E-state index is 0.398. The number of aliphatic imine (C=N–C) groups is 1. The van der Waals surface area contributed by atoms with E-state index in [1.807, 2.05) is 18.2 Å². The summed E-state index contributed by atoms with van der Waals surface area (Å²) in [4.78, 5) is 11.7.